The maximum atomic E-state index is 12.6. The Morgan fingerprint density at radius 3 is 2.56 bits per heavy atom. The smallest absolute Gasteiger partial charge is 0.420 e. The van der Waals surface area contributed by atoms with Gasteiger partial charge in [0.1, 0.15) is 5.69 Å². The highest BCUT2D eigenvalue weighted by Crippen LogP contribution is 2.36. The summed E-state index contributed by atoms with van der Waals surface area (Å²) in [7, 11) is 4.82. The number of rotatable bonds is 5. The monoisotopic (exact) mass is 267 g/mol. The molecule has 0 aliphatic carbocycles. The van der Waals surface area contributed by atoms with Crippen LogP contribution in [0.4, 0.5) is 13.2 Å². The highest BCUT2D eigenvalue weighted by atomic mass is 19.4. The summed E-state index contributed by atoms with van der Waals surface area (Å²) in [6.45, 7) is 0.737. The predicted molar refractivity (Wildman–Crippen MR) is 58.3 cm³/mol. The largest absolute Gasteiger partial charge is 0.493 e. The Hall–Kier alpha value is -1.28. The maximum absolute atomic E-state index is 12.6. The minimum Gasteiger partial charge on any atom is -0.493 e. The molecule has 104 valence electrons. The molecule has 0 aliphatic rings. The number of likely N-dealkylation sites (N-methyl/N-ethyl adjacent to an activating group) is 1. The van der Waals surface area contributed by atoms with Crippen LogP contribution in [0.1, 0.15) is 11.8 Å². The van der Waals surface area contributed by atoms with Crippen LogP contribution >= 0.6 is 0 Å². The van der Waals surface area contributed by atoms with E-state index in [1.54, 1.807) is 19.0 Å². The van der Waals surface area contributed by atoms with Crippen LogP contribution in [0, 0.1) is 0 Å². The van der Waals surface area contributed by atoms with E-state index in [9.17, 15) is 18.3 Å². The maximum Gasteiger partial charge on any atom is 0.420 e. The predicted octanol–water partition coefficient (Wildman–Crippen LogP) is 1.05. The van der Waals surface area contributed by atoms with Crippen molar-refractivity contribution in [3.05, 3.63) is 11.9 Å². The van der Waals surface area contributed by atoms with Crippen molar-refractivity contribution in [3.63, 3.8) is 0 Å². The van der Waals surface area contributed by atoms with Crippen LogP contribution in [-0.4, -0.2) is 53.7 Å². The quantitative estimate of drug-likeness (QED) is 0.866. The normalized spacial score (nSPS) is 14.0. The summed E-state index contributed by atoms with van der Waals surface area (Å²) in [5.74, 6) is -0.0708. The van der Waals surface area contributed by atoms with Gasteiger partial charge >= 0.3 is 6.18 Å². The van der Waals surface area contributed by atoms with Crippen LogP contribution in [-0.2, 0) is 6.54 Å². The van der Waals surface area contributed by atoms with E-state index < -0.39 is 12.3 Å². The molecular weight excluding hydrogens is 251 g/mol. The Bertz CT molecular complexity index is 390. The second-order valence-electron chi connectivity index (χ2n) is 4.07. The summed E-state index contributed by atoms with van der Waals surface area (Å²) in [5, 5.41) is 13.1. The Balaban J connectivity index is 3.02. The first-order valence-corrected chi connectivity index (χ1v) is 5.26. The average molecular weight is 267 g/mol. The van der Waals surface area contributed by atoms with E-state index in [2.05, 4.69) is 5.10 Å². The van der Waals surface area contributed by atoms with Gasteiger partial charge in [-0.1, -0.05) is 0 Å². The van der Waals surface area contributed by atoms with Crippen LogP contribution in [0.3, 0.4) is 0 Å². The first kappa shape index (κ1) is 14.8. The van der Waals surface area contributed by atoms with E-state index in [-0.39, 0.29) is 18.0 Å². The van der Waals surface area contributed by atoms with Gasteiger partial charge in [0.25, 0.3) is 0 Å². The van der Waals surface area contributed by atoms with E-state index in [1.165, 1.54) is 13.3 Å². The number of aliphatic hydroxyl groups excluding tert-OH is 1. The zero-order chi connectivity index (χ0) is 13.9. The van der Waals surface area contributed by atoms with Gasteiger partial charge in [0.05, 0.1) is 19.9 Å². The second kappa shape index (κ2) is 5.57. The highest BCUT2D eigenvalue weighted by Gasteiger charge is 2.43. The van der Waals surface area contributed by atoms with Crippen LogP contribution < -0.4 is 4.74 Å². The molecule has 0 saturated carbocycles. The van der Waals surface area contributed by atoms with Gasteiger partial charge in [-0.15, -0.1) is 0 Å². The lowest BCUT2D eigenvalue weighted by atomic mass is 10.2. The molecule has 8 heteroatoms. The molecule has 0 spiro atoms. The summed E-state index contributed by atoms with van der Waals surface area (Å²) < 4.78 is 43.6. The standard InChI is InChI=1S/C10H16F3N3O2/c1-15(2)4-5-16-8(7(18-3)6-14-16)9(17)10(11,12)13/h6,9,17H,4-5H2,1-3H3. The number of methoxy groups -OCH3 is 1. The van der Waals surface area contributed by atoms with Crippen molar-refractivity contribution >= 4 is 0 Å². The van der Waals surface area contributed by atoms with Crippen LogP contribution in [0.2, 0.25) is 0 Å². The number of alkyl halides is 3. The molecular formula is C10H16F3N3O2. The third-order valence-electron chi connectivity index (χ3n) is 2.39. The van der Waals surface area contributed by atoms with E-state index in [0.717, 1.165) is 4.68 Å². The van der Waals surface area contributed by atoms with Gasteiger partial charge in [-0.2, -0.15) is 18.3 Å². The molecule has 0 fully saturated rings. The molecule has 1 rings (SSSR count). The first-order valence-electron chi connectivity index (χ1n) is 5.26. The molecule has 0 aliphatic heterocycles. The van der Waals surface area contributed by atoms with Gasteiger partial charge in [-0.25, -0.2) is 0 Å². The Morgan fingerprint density at radius 2 is 2.11 bits per heavy atom. The number of halogens is 3. The van der Waals surface area contributed by atoms with Crippen molar-refractivity contribution in [2.75, 3.05) is 27.7 Å². The molecule has 1 aromatic rings. The lowest BCUT2D eigenvalue weighted by Gasteiger charge is -2.18. The van der Waals surface area contributed by atoms with Crippen LogP contribution in [0.25, 0.3) is 0 Å². The van der Waals surface area contributed by atoms with Crippen molar-refractivity contribution in [2.45, 2.75) is 18.8 Å². The number of ether oxygens (including phenoxy) is 1. The zero-order valence-electron chi connectivity index (χ0n) is 10.4. The molecule has 5 nitrogen and oxygen atoms in total. The molecule has 1 aromatic heterocycles. The average Bonchev–Trinajstić information content (AvgIpc) is 2.66. The van der Waals surface area contributed by atoms with E-state index in [4.69, 9.17) is 4.74 Å². The lowest BCUT2D eigenvalue weighted by Crippen LogP contribution is -2.26. The van der Waals surface area contributed by atoms with E-state index >= 15 is 0 Å². The zero-order valence-corrected chi connectivity index (χ0v) is 10.4. The minimum atomic E-state index is -4.75. The summed E-state index contributed by atoms with van der Waals surface area (Å²) in [5.41, 5.74) is -0.369. The van der Waals surface area contributed by atoms with E-state index in [1.807, 2.05) is 0 Å². The Labute approximate surface area is 103 Å². The Morgan fingerprint density at radius 1 is 1.50 bits per heavy atom. The van der Waals surface area contributed by atoms with Crippen LogP contribution in [0.5, 0.6) is 5.75 Å². The van der Waals surface area contributed by atoms with Crippen molar-refractivity contribution in [1.29, 1.82) is 0 Å². The molecule has 0 aromatic carbocycles. The first-order chi connectivity index (χ1) is 8.27. The summed E-state index contributed by atoms with van der Waals surface area (Å²) in [4.78, 5) is 1.80. The fourth-order valence-corrected chi connectivity index (χ4v) is 1.44. The third-order valence-corrected chi connectivity index (χ3v) is 2.39. The lowest BCUT2D eigenvalue weighted by molar-refractivity contribution is -0.209. The molecule has 0 bridgehead atoms. The van der Waals surface area contributed by atoms with Crippen molar-refractivity contribution < 1.29 is 23.0 Å². The van der Waals surface area contributed by atoms with Crippen molar-refractivity contribution in [1.82, 2.24) is 14.7 Å². The summed E-state index contributed by atoms with van der Waals surface area (Å²) >= 11 is 0. The highest BCUT2D eigenvalue weighted by molar-refractivity contribution is 5.28. The number of hydrogen-bond acceptors (Lipinski definition) is 4. The van der Waals surface area contributed by atoms with Crippen molar-refractivity contribution in [3.8, 4) is 5.75 Å². The van der Waals surface area contributed by atoms with Crippen LogP contribution in [0.15, 0.2) is 6.20 Å². The molecule has 1 unspecified atom stereocenters. The minimum absolute atomic E-state index is 0.0708. The summed E-state index contributed by atoms with van der Waals surface area (Å²) in [6, 6.07) is 0. The van der Waals surface area contributed by atoms with Gasteiger partial charge in [-0.3, -0.25) is 4.68 Å². The molecule has 0 radical (unpaired) electrons. The third kappa shape index (κ3) is 3.36. The number of aromatic nitrogens is 2. The van der Waals surface area contributed by atoms with E-state index in [0.29, 0.717) is 6.54 Å². The van der Waals surface area contributed by atoms with Gasteiger partial charge in [0.2, 0.25) is 0 Å². The topological polar surface area (TPSA) is 50.5 Å². The SMILES string of the molecule is COc1cnn(CCN(C)C)c1C(O)C(F)(F)F. The van der Waals surface area contributed by atoms with Gasteiger partial charge in [0, 0.05) is 6.54 Å². The molecule has 1 N–H and O–H groups in total. The number of aliphatic hydroxyl groups is 1. The fraction of sp³-hybridized carbons (Fsp3) is 0.700. The molecule has 0 saturated heterocycles. The Kier molecular flexibility index (Phi) is 4.58. The fourth-order valence-electron chi connectivity index (χ4n) is 1.44. The van der Waals surface area contributed by atoms with Gasteiger partial charge < -0.3 is 14.7 Å². The molecule has 1 heterocycles. The van der Waals surface area contributed by atoms with Gasteiger partial charge in [0.15, 0.2) is 11.9 Å². The van der Waals surface area contributed by atoms with Crippen molar-refractivity contribution in [2.24, 2.45) is 0 Å². The second-order valence-corrected chi connectivity index (χ2v) is 4.07. The molecule has 1 atom stereocenters. The number of nitrogens with zero attached hydrogens (tertiary/aromatic N) is 3. The molecule has 18 heavy (non-hydrogen) atoms. The van der Waals surface area contributed by atoms with Gasteiger partial charge in [-0.05, 0) is 14.1 Å². The molecule has 0 amide bonds. The summed E-state index contributed by atoms with van der Waals surface area (Å²) in [6.07, 6.45) is -6.18. The number of hydrogen-bond donors (Lipinski definition) is 1.